The number of ether oxygens (including phenoxy) is 1. The van der Waals surface area contributed by atoms with E-state index in [9.17, 15) is 4.79 Å². The summed E-state index contributed by atoms with van der Waals surface area (Å²) in [5.41, 5.74) is 2.70. The number of carbonyl (C=O) groups is 1. The van der Waals surface area contributed by atoms with Gasteiger partial charge in [0.05, 0.1) is 19.0 Å². The highest BCUT2D eigenvalue weighted by Crippen LogP contribution is 2.34. The fourth-order valence-electron chi connectivity index (χ4n) is 3.02. The van der Waals surface area contributed by atoms with Crippen LogP contribution in [0.1, 0.15) is 25.3 Å². The number of nitrogens with one attached hydrogen (secondary N) is 1. The molecule has 3 aromatic rings. The predicted molar refractivity (Wildman–Crippen MR) is 118 cm³/mol. The Bertz CT molecular complexity index is 1000. The molecule has 1 N–H and O–H groups in total. The Morgan fingerprint density at radius 2 is 2.14 bits per heavy atom. The Labute approximate surface area is 177 Å². The normalized spacial score (nSPS) is 14.5. The number of morpholine rings is 1. The Morgan fingerprint density at radius 3 is 2.93 bits per heavy atom. The van der Waals surface area contributed by atoms with Gasteiger partial charge in [0, 0.05) is 18.8 Å². The van der Waals surface area contributed by atoms with Crippen molar-refractivity contribution in [1.82, 2.24) is 15.0 Å². The molecule has 1 aromatic carbocycles. The Hall–Kier alpha value is -2.23. The van der Waals surface area contributed by atoms with Crippen molar-refractivity contribution in [1.29, 1.82) is 0 Å². The number of nitrogens with zero attached hydrogens (tertiary/aromatic N) is 4. The van der Waals surface area contributed by atoms with E-state index in [1.54, 1.807) is 11.3 Å². The molecular weight excluding hydrogens is 406 g/mol. The van der Waals surface area contributed by atoms with E-state index in [4.69, 9.17) is 4.74 Å². The number of rotatable bonds is 6. The molecule has 4 rings (SSSR count). The average Bonchev–Trinajstić information content (AvgIpc) is 3.18. The number of benzene rings is 1. The molecule has 0 spiro atoms. The van der Waals surface area contributed by atoms with Gasteiger partial charge >= 0.3 is 0 Å². The maximum absolute atomic E-state index is 12.4. The molecule has 0 bridgehead atoms. The van der Waals surface area contributed by atoms with E-state index in [1.165, 1.54) is 23.7 Å². The molecule has 3 heterocycles. The number of anilines is 2. The molecule has 1 fully saturated rings. The molecule has 0 saturated carbocycles. The third-order valence-corrected chi connectivity index (χ3v) is 6.84. The highest BCUT2D eigenvalue weighted by Gasteiger charge is 2.18. The number of fused-ring (bicyclic) bond motifs is 1. The number of amides is 1. The van der Waals surface area contributed by atoms with Crippen LogP contribution < -0.4 is 10.2 Å². The first-order valence-corrected chi connectivity index (χ1v) is 11.4. The van der Waals surface area contributed by atoms with Crippen molar-refractivity contribution in [3.05, 3.63) is 36.2 Å². The summed E-state index contributed by atoms with van der Waals surface area (Å²) >= 11 is 2.98. The van der Waals surface area contributed by atoms with Crippen molar-refractivity contribution >= 4 is 50.2 Å². The van der Waals surface area contributed by atoms with Crippen molar-refractivity contribution in [2.75, 3.05) is 42.3 Å². The van der Waals surface area contributed by atoms with Crippen molar-refractivity contribution in [2.24, 2.45) is 0 Å². The number of hydrogen-bond donors (Lipinski definition) is 1. The molecule has 1 aliphatic heterocycles. The van der Waals surface area contributed by atoms with Crippen LogP contribution >= 0.6 is 23.1 Å². The third-order valence-electron chi connectivity index (χ3n) is 4.61. The number of thiazole rings is 1. The minimum absolute atomic E-state index is 0.0550. The van der Waals surface area contributed by atoms with Gasteiger partial charge in [0.15, 0.2) is 10.8 Å². The van der Waals surface area contributed by atoms with Gasteiger partial charge in [-0.05, 0) is 23.6 Å². The van der Waals surface area contributed by atoms with Gasteiger partial charge in [0.1, 0.15) is 16.1 Å². The van der Waals surface area contributed by atoms with Crippen molar-refractivity contribution in [2.45, 2.75) is 24.8 Å². The van der Waals surface area contributed by atoms with Crippen LogP contribution in [0.15, 0.2) is 35.6 Å². The summed E-state index contributed by atoms with van der Waals surface area (Å²) in [6, 6.07) is 7.97. The lowest BCUT2D eigenvalue weighted by molar-refractivity contribution is -0.113. The Kier molecular flexibility index (Phi) is 6.27. The SMILES string of the molecule is CC(C)c1cccc(NC(=O)CSc2ncnc3nc(N4CCOCC4)sc23)c1. The number of aromatic nitrogens is 3. The minimum atomic E-state index is -0.0550. The predicted octanol–water partition coefficient (Wildman–Crippen LogP) is 3.78. The molecule has 1 amide bonds. The van der Waals surface area contributed by atoms with Crippen LogP contribution in [-0.4, -0.2) is 52.9 Å². The van der Waals surface area contributed by atoms with Gasteiger partial charge in [0.25, 0.3) is 0 Å². The maximum atomic E-state index is 12.4. The number of hydrogen-bond acceptors (Lipinski definition) is 8. The van der Waals surface area contributed by atoms with E-state index in [2.05, 4.69) is 45.1 Å². The fourth-order valence-corrected chi connectivity index (χ4v) is 4.96. The molecule has 29 heavy (non-hydrogen) atoms. The second-order valence-corrected chi connectivity index (χ2v) is 8.99. The van der Waals surface area contributed by atoms with Crippen LogP contribution in [0.2, 0.25) is 0 Å². The molecule has 2 aromatic heterocycles. The van der Waals surface area contributed by atoms with Crippen LogP contribution in [0.3, 0.4) is 0 Å². The third kappa shape index (κ3) is 4.85. The fraction of sp³-hybridized carbons (Fsp3) is 0.400. The topological polar surface area (TPSA) is 80.2 Å². The molecule has 7 nitrogen and oxygen atoms in total. The summed E-state index contributed by atoms with van der Waals surface area (Å²) in [5, 5.41) is 4.70. The lowest BCUT2D eigenvalue weighted by Crippen LogP contribution is -2.36. The molecule has 9 heteroatoms. The first kappa shape index (κ1) is 20.1. The van der Waals surface area contributed by atoms with Crippen LogP contribution in [0, 0.1) is 0 Å². The van der Waals surface area contributed by atoms with Gasteiger partial charge in [0.2, 0.25) is 5.91 Å². The lowest BCUT2D eigenvalue weighted by Gasteiger charge is -2.25. The summed E-state index contributed by atoms with van der Waals surface area (Å²) in [7, 11) is 0. The van der Waals surface area contributed by atoms with Crippen LogP contribution in [0.25, 0.3) is 10.3 Å². The molecule has 1 aliphatic rings. The zero-order chi connectivity index (χ0) is 20.2. The van der Waals surface area contributed by atoms with Crippen LogP contribution in [0.4, 0.5) is 10.8 Å². The van der Waals surface area contributed by atoms with Crippen LogP contribution in [-0.2, 0) is 9.53 Å². The minimum Gasteiger partial charge on any atom is -0.378 e. The second-order valence-electron chi connectivity index (χ2n) is 7.04. The highest BCUT2D eigenvalue weighted by atomic mass is 32.2. The number of carbonyl (C=O) groups excluding carboxylic acids is 1. The van der Waals surface area contributed by atoms with Crippen molar-refractivity contribution < 1.29 is 9.53 Å². The zero-order valence-electron chi connectivity index (χ0n) is 16.4. The van der Waals surface area contributed by atoms with Gasteiger partial charge in [-0.2, -0.15) is 4.98 Å². The highest BCUT2D eigenvalue weighted by molar-refractivity contribution is 8.00. The van der Waals surface area contributed by atoms with E-state index in [0.29, 0.717) is 24.8 Å². The average molecular weight is 430 g/mol. The second kappa shape index (κ2) is 9.06. The standard InChI is InChI=1S/C20H23N5O2S2/c1-13(2)14-4-3-5-15(10-14)23-16(26)11-28-19-17-18(21-12-22-19)24-20(29-17)25-6-8-27-9-7-25/h3-5,10,12-13H,6-9,11H2,1-2H3,(H,23,26). The van der Waals surface area contributed by atoms with Gasteiger partial charge in [-0.15, -0.1) is 0 Å². The van der Waals surface area contributed by atoms with Gasteiger partial charge in [-0.25, -0.2) is 9.97 Å². The first-order chi connectivity index (χ1) is 14.1. The molecule has 0 atom stereocenters. The van der Waals surface area contributed by atoms with E-state index < -0.39 is 0 Å². The molecular formula is C20H23N5O2S2. The van der Waals surface area contributed by atoms with Crippen LogP contribution in [0.5, 0.6) is 0 Å². The largest absolute Gasteiger partial charge is 0.378 e. The van der Waals surface area contributed by atoms with Crippen molar-refractivity contribution in [3.8, 4) is 0 Å². The van der Waals surface area contributed by atoms with E-state index in [0.717, 1.165) is 33.6 Å². The lowest BCUT2D eigenvalue weighted by atomic mass is 10.0. The summed E-state index contributed by atoms with van der Waals surface area (Å²) in [4.78, 5) is 28.0. The van der Waals surface area contributed by atoms with E-state index in [-0.39, 0.29) is 11.7 Å². The van der Waals surface area contributed by atoms with Gasteiger partial charge in [-0.3, -0.25) is 4.79 Å². The summed E-state index contributed by atoms with van der Waals surface area (Å²) in [6.45, 7) is 7.35. The quantitative estimate of drug-likeness (QED) is 0.472. The Balaban J connectivity index is 1.43. The smallest absolute Gasteiger partial charge is 0.234 e. The van der Waals surface area contributed by atoms with Gasteiger partial charge < -0.3 is 15.0 Å². The van der Waals surface area contributed by atoms with E-state index >= 15 is 0 Å². The van der Waals surface area contributed by atoms with Gasteiger partial charge in [-0.1, -0.05) is 49.1 Å². The van der Waals surface area contributed by atoms with E-state index in [1.807, 2.05) is 18.2 Å². The summed E-state index contributed by atoms with van der Waals surface area (Å²) in [5.74, 6) is 0.645. The first-order valence-electron chi connectivity index (χ1n) is 9.57. The Morgan fingerprint density at radius 1 is 1.31 bits per heavy atom. The van der Waals surface area contributed by atoms with Crippen molar-refractivity contribution in [3.63, 3.8) is 0 Å². The molecule has 152 valence electrons. The molecule has 0 radical (unpaired) electrons. The number of thioether (sulfide) groups is 1. The monoisotopic (exact) mass is 429 g/mol. The molecule has 0 aliphatic carbocycles. The molecule has 1 saturated heterocycles. The molecule has 0 unspecified atom stereocenters. The maximum Gasteiger partial charge on any atom is 0.234 e. The zero-order valence-corrected chi connectivity index (χ0v) is 18.1. The summed E-state index contributed by atoms with van der Waals surface area (Å²) < 4.78 is 6.34. The summed E-state index contributed by atoms with van der Waals surface area (Å²) in [6.07, 6.45) is 1.51.